The molecule has 0 aromatic heterocycles. The Bertz CT molecular complexity index is 1170. The van der Waals surface area contributed by atoms with Gasteiger partial charge in [0.2, 0.25) is 11.8 Å². The number of nitrogens with zero attached hydrogens (tertiary/aromatic N) is 2. The van der Waals surface area contributed by atoms with E-state index in [4.69, 9.17) is 9.57 Å². The molecule has 4 fully saturated rings. The van der Waals surface area contributed by atoms with Gasteiger partial charge in [0.05, 0.1) is 18.8 Å². The summed E-state index contributed by atoms with van der Waals surface area (Å²) in [5, 5.41) is 30.0. The summed E-state index contributed by atoms with van der Waals surface area (Å²) in [6, 6.07) is -0.522. The molecular weight excluding hydrogens is 668 g/mol. The van der Waals surface area contributed by atoms with Crippen molar-refractivity contribution in [3.8, 4) is 0 Å². The maximum atomic E-state index is 14.2. The molecule has 6 unspecified atom stereocenters. The maximum Gasteiger partial charge on any atom is 0.240 e. The molecule has 1 saturated heterocycles. The minimum Gasteiger partial charge on any atom is -0.394 e. The monoisotopic (exact) mass is 749 g/mol. The van der Waals surface area contributed by atoms with Crippen molar-refractivity contribution >= 4 is 11.8 Å². The molecule has 2 amide bonds. The molecule has 4 rings (SSSR count). The molecule has 1 heterocycles. The summed E-state index contributed by atoms with van der Waals surface area (Å²) in [4.78, 5) is 36.9. The van der Waals surface area contributed by atoms with E-state index >= 15 is 0 Å². The van der Waals surface area contributed by atoms with E-state index in [1.54, 1.807) is 12.0 Å². The van der Waals surface area contributed by atoms with Crippen molar-refractivity contribution in [2.45, 2.75) is 163 Å². The van der Waals surface area contributed by atoms with Gasteiger partial charge in [-0.05, 0) is 106 Å². The first kappa shape index (κ1) is 44.4. The second-order valence-corrected chi connectivity index (χ2v) is 20.6. The lowest BCUT2D eigenvalue weighted by Gasteiger charge is -2.48. The summed E-state index contributed by atoms with van der Waals surface area (Å²) in [5.74, 6) is 1.55. The number of amides is 2. The molecule has 4 aliphatic rings. The number of ether oxygens (including phenoxy) is 1. The molecule has 3 aliphatic carbocycles. The number of rotatable bonds is 13. The minimum absolute atomic E-state index is 0.0440. The van der Waals surface area contributed by atoms with Crippen LogP contribution in [0.4, 0.5) is 0 Å². The number of hydroxylamine groups is 2. The fourth-order valence-electron chi connectivity index (χ4n) is 10.8. The standard InChI is InChI=1S/C43H80N4O6/c1-26-15-13-18-35(27(26)2)45-41(51)38-37(28(3)49)36(25-48)53-47(38)23-29-16-14-17-34(39(29)52-12)30-19-31(21-32(20-30)43(7,8)9)40(50)44-33(24-46(10)11)22-42(4,5)6/h26-39,48-49H,13-25H2,1-12H3,(H,44,50)(H,45,51)/t26-,27-,28-,29?,30?,31?,32?,33-,34?,35-,36-,37-,38-,39?/m0/s1. The van der Waals surface area contributed by atoms with E-state index in [0.29, 0.717) is 30.2 Å². The predicted molar refractivity (Wildman–Crippen MR) is 212 cm³/mol. The Kier molecular flexibility index (Phi) is 15.7. The van der Waals surface area contributed by atoms with E-state index in [9.17, 15) is 19.8 Å². The summed E-state index contributed by atoms with van der Waals surface area (Å²) in [6.45, 7) is 20.9. The Morgan fingerprint density at radius 3 is 2.25 bits per heavy atom. The second-order valence-electron chi connectivity index (χ2n) is 20.6. The molecule has 0 radical (unpaired) electrons. The molecule has 10 nitrogen and oxygen atoms in total. The van der Waals surface area contributed by atoms with Crippen molar-refractivity contribution in [2.75, 3.05) is 40.9 Å². The zero-order valence-corrected chi connectivity index (χ0v) is 35.7. The number of likely N-dealkylation sites (N-methyl/N-ethyl adjacent to an activating group) is 1. The Labute approximate surface area is 323 Å². The molecule has 0 bridgehead atoms. The van der Waals surface area contributed by atoms with Crippen LogP contribution >= 0.6 is 0 Å². The topological polar surface area (TPSA) is 124 Å². The highest BCUT2D eigenvalue weighted by atomic mass is 16.7. The summed E-state index contributed by atoms with van der Waals surface area (Å²) in [7, 11) is 5.97. The van der Waals surface area contributed by atoms with Crippen LogP contribution in [-0.4, -0.2) is 109 Å². The first-order valence-electron chi connectivity index (χ1n) is 21.2. The highest BCUT2D eigenvalue weighted by molar-refractivity contribution is 5.83. The van der Waals surface area contributed by atoms with Crippen LogP contribution in [0.1, 0.15) is 127 Å². The van der Waals surface area contributed by atoms with E-state index in [1.807, 2.05) is 7.11 Å². The third-order valence-corrected chi connectivity index (χ3v) is 13.8. The van der Waals surface area contributed by atoms with Crippen LogP contribution in [0.2, 0.25) is 0 Å². The smallest absolute Gasteiger partial charge is 0.240 e. The van der Waals surface area contributed by atoms with Gasteiger partial charge in [-0.1, -0.05) is 74.7 Å². The number of carbonyl (C=O) groups is 2. The Morgan fingerprint density at radius 2 is 1.66 bits per heavy atom. The molecule has 0 aromatic rings. The van der Waals surface area contributed by atoms with Crippen molar-refractivity contribution in [3.63, 3.8) is 0 Å². The highest BCUT2D eigenvalue weighted by Crippen LogP contribution is 2.49. The fourth-order valence-corrected chi connectivity index (χ4v) is 10.8. The van der Waals surface area contributed by atoms with Gasteiger partial charge in [0.25, 0.3) is 0 Å². The van der Waals surface area contributed by atoms with Crippen molar-refractivity contribution in [1.29, 1.82) is 0 Å². The van der Waals surface area contributed by atoms with Crippen LogP contribution in [0.15, 0.2) is 0 Å². The molecule has 0 aromatic carbocycles. The highest BCUT2D eigenvalue weighted by Gasteiger charge is 2.52. The van der Waals surface area contributed by atoms with Gasteiger partial charge >= 0.3 is 0 Å². The van der Waals surface area contributed by atoms with E-state index in [-0.39, 0.29) is 65.2 Å². The van der Waals surface area contributed by atoms with Crippen LogP contribution in [0.25, 0.3) is 0 Å². The minimum atomic E-state index is -0.826. The molecule has 308 valence electrons. The molecule has 0 spiro atoms. The number of aliphatic hydroxyl groups excluding tert-OH is 2. The summed E-state index contributed by atoms with van der Waals surface area (Å²) < 4.78 is 6.44. The summed E-state index contributed by atoms with van der Waals surface area (Å²) in [6.07, 6.45) is 8.49. The van der Waals surface area contributed by atoms with Gasteiger partial charge in [0.1, 0.15) is 12.1 Å². The number of nitrogens with one attached hydrogen (secondary N) is 2. The van der Waals surface area contributed by atoms with E-state index in [0.717, 1.165) is 64.3 Å². The van der Waals surface area contributed by atoms with E-state index in [2.05, 4.69) is 85.0 Å². The molecule has 4 N–H and O–H groups in total. The van der Waals surface area contributed by atoms with Gasteiger partial charge in [-0.3, -0.25) is 14.4 Å². The average Bonchev–Trinajstić information content (AvgIpc) is 3.43. The van der Waals surface area contributed by atoms with Gasteiger partial charge in [-0.15, -0.1) is 0 Å². The van der Waals surface area contributed by atoms with Gasteiger partial charge in [0.15, 0.2) is 0 Å². The third kappa shape index (κ3) is 11.6. The molecule has 10 heteroatoms. The molecule has 53 heavy (non-hydrogen) atoms. The normalized spacial score (nSPS) is 37.3. The maximum absolute atomic E-state index is 14.2. The SMILES string of the molecule is COC1C(CN2O[C@@H](CO)[C@H]([C@H](C)O)[C@H]2C(=O)N[C@H]2CCC[C@H](C)[C@@H]2C)CCCC1C1CC(C(=O)N[C@H](CN(C)C)CC(C)(C)C)CC(C(C)(C)C)C1. The number of hydrogen-bond acceptors (Lipinski definition) is 8. The lowest BCUT2D eigenvalue weighted by Crippen LogP contribution is -2.55. The number of carbonyl (C=O) groups excluding carboxylic acids is 2. The van der Waals surface area contributed by atoms with Crippen LogP contribution in [0.5, 0.6) is 0 Å². The van der Waals surface area contributed by atoms with Crippen molar-refractivity contribution in [3.05, 3.63) is 0 Å². The summed E-state index contributed by atoms with van der Waals surface area (Å²) >= 11 is 0. The van der Waals surface area contributed by atoms with E-state index in [1.165, 1.54) is 6.42 Å². The van der Waals surface area contributed by atoms with Crippen LogP contribution < -0.4 is 10.6 Å². The van der Waals surface area contributed by atoms with Crippen molar-refractivity contribution < 1.29 is 29.4 Å². The zero-order chi connectivity index (χ0) is 39.4. The first-order valence-corrected chi connectivity index (χ1v) is 21.2. The van der Waals surface area contributed by atoms with Gasteiger partial charge in [-0.25, -0.2) is 0 Å². The predicted octanol–water partition coefficient (Wildman–Crippen LogP) is 5.89. The second kappa shape index (κ2) is 18.8. The van der Waals surface area contributed by atoms with Crippen molar-refractivity contribution in [1.82, 2.24) is 20.6 Å². The fraction of sp³-hybridized carbons (Fsp3) is 0.953. The zero-order valence-electron chi connectivity index (χ0n) is 35.7. The van der Waals surface area contributed by atoms with Crippen LogP contribution in [0, 0.1) is 58.2 Å². The van der Waals surface area contributed by atoms with Crippen molar-refractivity contribution in [2.24, 2.45) is 58.2 Å². The molecular formula is C43H80N4O6. The van der Waals surface area contributed by atoms with Gasteiger partial charge < -0.3 is 30.5 Å². The largest absolute Gasteiger partial charge is 0.394 e. The molecule has 1 aliphatic heterocycles. The Morgan fingerprint density at radius 1 is 0.981 bits per heavy atom. The van der Waals surface area contributed by atoms with Crippen LogP contribution in [0.3, 0.4) is 0 Å². The number of hydrogen-bond donors (Lipinski definition) is 4. The lowest BCUT2D eigenvalue weighted by atomic mass is 9.60. The van der Waals surface area contributed by atoms with Crippen LogP contribution in [-0.2, 0) is 19.2 Å². The van der Waals surface area contributed by atoms with E-state index < -0.39 is 24.2 Å². The first-order chi connectivity index (χ1) is 24.7. The lowest BCUT2D eigenvalue weighted by molar-refractivity contribution is -0.192. The average molecular weight is 749 g/mol. The Balaban J connectivity index is 1.55. The molecule has 14 atom stereocenters. The quantitative estimate of drug-likeness (QED) is 0.184. The third-order valence-electron chi connectivity index (χ3n) is 13.8. The van der Waals surface area contributed by atoms with Gasteiger partial charge in [0, 0.05) is 50.0 Å². The molecule has 3 saturated carbocycles. The van der Waals surface area contributed by atoms with Gasteiger partial charge in [-0.2, -0.15) is 5.06 Å². The number of methoxy groups -OCH3 is 1. The summed E-state index contributed by atoms with van der Waals surface area (Å²) in [5.41, 5.74) is 0.188. The Hall–Kier alpha value is -1.30. The number of aliphatic hydroxyl groups is 2.